The van der Waals surface area contributed by atoms with Gasteiger partial charge in [-0.25, -0.2) is 4.79 Å². The van der Waals surface area contributed by atoms with E-state index in [1.165, 1.54) is 11.0 Å². The van der Waals surface area contributed by atoms with Crippen molar-refractivity contribution in [1.29, 1.82) is 0 Å². The number of hydrogen-bond donors (Lipinski definition) is 2. The molecule has 3 N–H and O–H groups in total. The fraction of sp³-hybridized carbons (Fsp3) is 0.250. The quantitative estimate of drug-likeness (QED) is 0.481. The first-order valence-electron chi connectivity index (χ1n) is 5.70. The molecule has 1 heterocycles. The highest BCUT2D eigenvalue weighted by molar-refractivity contribution is 5.77. The van der Waals surface area contributed by atoms with E-state index < -0.39 is 11.0 Å². The number of hydrogen-bond acceptors (Lipinski definition) is 4. The number of nitrogens with zero attached hydrogens (tertiary/aromatic N) is 2. The number of nitrogen functional groups attached to an aromatic ring is 1. The number of carbonyl (C=O) groups is 1. The van der Waals surface area contributed by atoms with Gasteiger partial charge in [-0.2, -0.15) is 0 Å². The topological polar surface area (TPSA) is 110 Å². The maximum atomic E-state index is 11.0. The molecule has 0 saturated heterocycles. The number of carboxylic acid groups (broad SMARTS) is 1. The van der Waals surface area contributed by atoms with Crippen LogP contribution in [0.5, 0.6) is 0 Å². The fourth-order valence-electron chi connectivity index (χ4n) is 2.06. The summed E-state index contributed by atoms with van der Waals surface area (Å²) in [5.41, 5.74) is 7.12. The summed E-state index contributed by atoms with van der Waals surface area (Å²) in [7, 11) is 0. The number of anilines is 1. The van der Waals surface area contributed by atoms with Crippen molar-refractivity contribution in [2.45, 2.75) is 6.42 Å². The third-order valence-electron chi connectivity index (χ3n) is 3.04. The van der Waals surface area contributed by atoms with Crippen LogP contribution in [0.25, 0.3) is 5.57 Å². The first-order chi connectivity index (χ1) is 8.99. The van der Waals surface area contributed by atoms with Crippen LogP contribution in [0, 0.1) is 10.1 Å². The Morgan fingerprint density at radius 3 is 2.74 bits per heavy atom. The summed E-state index contributed by atoms with van der Waals surface area (Å²) in [6.07, 6.45) is 1.18. The van der Waals surface area contributed by atoms with Gasteiger partial charge < -0.3 is 15.7 Å². The van der Waals surface area contributed by atoms with Gasteiger partial charge in [-0.05, 0) is 24.1 Å². The summed E-state index contributed by atoms with van der Waals surface area (Å²) < 4.78 is 0. The van der Waals surface area contributed by atoms with E-state index in [4.69, 9.17) is 10.8 Å². The largest absolute Gasteiger partial charge is 0.465 e. The number of benzene rings is 1. The summed E-state index contributed by atoms with van der Waals surface area (Å²) in [5.74, 6) is 0. The normalized spacial score (nSPS) is 14.9. The molecule has 0 fully saturated rings. The van der Waals surface area contributed by atoms with Gasteiger partial charge in [0.25, 0.3) is 5.69 Å². The van der Waals surface area contributed by atoms with Crippen molar-refractivity contribution in [3.05, 3.63) is 40.0 Å². The van der Waals surface area contributed by atoms with Gasteiger partial charge >= 0.3 is 6.09 Å². The Hall–Kier alpha value is -2.57. The van der Waals surface area contributed by atoms with Crippen LogP contribution in [0.2, 0.25) is 0 Å². The predicted molar refractivity (Wildman–Crippen MR) is 69.7 cm³/mol. The molecule has 0 saturated carbocycles. The number of rotatable bonds is 2. The Morgan fingerprint density at radius 2 is 2.21 bits per heavy atom. The smallest absolute Gasteiger partial charge is 0.407 e. The highest BCUT2D eigenvalue weighted by atomic mass is 16.6. The molecule has 1 amide bonds. The third kappa shape index (κ3) is 2.65. The molecule has 0 atom stereocenters. The Kier molecular flexibility index (Phi) is 3.37. The molecule has 1 aromatic carbocycles. The minimum atomic E-state index is -0.984. The first kappa shape index (κ1) is 12.9. The standard InChI is InChI=1S/C12H13N3O4/c13-9-1-2-10(11(7-9)15(18)19)8-3-5-14(6-4-8)12(16)17/h1-3,7H,4-6,13H2,(H,16,17). The lowest BCUT2D eigenvalue weighted by Gasteiger charge is -2.23. The average Bonchev–Trinajstić information content (AvgIpc) is 2.38. The predicted octanol–water partition coefficient (Wildman–Crippen LogP) is 1.94. The van der Waals surface area contributed by atoms with Crippen LogP contribution >= 0.6 is 0 Å². The fourth-order valence-corrected chi connectivity index (χ4v) is 2.06. The van der Waals surface area contributed by atoms with Gasteiger partial charge in [-0.1, -0.05) is 6.08 Å². The molecule has 0 radical (unpaired) electrons. The molecule has 7 heteroatoms. The minimum Gasteiger partial charge on any atom is -0.465 e. The molecule has 0 bridgehead atoms. The summed E-state index contributed by atoms with van der Waals surface area (Å²) in [6.45, 7) is 0.578. The van der Waals surface area contributed by atoms with Gasteiger partial charge in [0, 0.05) is 24.8 Å². The second-order valence-electron chi connectivity index (χ2n) is 4.24. The monoisotopic (exact) mass is 263 g/mol. The van der Waals surface area contributed by atoms with Crippen LogP contribution in [0.15, 0.2) is 24.3 Å². The molecule has 100 valence electrons. The Balaban J connectivity index is 2.33. The van der Waals surface area contributed by atoms with Crippen LogP contribution < -0.4 is 5.73 Å². The van der Waals surface area contributed by atoms with Crippen molar-refractivity contribution in [2.24, 2.45) is 0 Å². The van der Waals surface area contributed by atoms with Crippen molar-refractivity contribution in [1.82, 2.24) is 4.90 Å². The first-order valence-corrected chi connectivity index (χ1v) is 5.70. The number of nitrogens with two attached hydrogens (primary N) is 1. The van der Waals surface area contributed by atoms with Gasteiger partial charge in [-0.3, -0.25) is 10.1 Å². The minimum absolute atomic E-state index is 0.0463. The van der Waals surface area contributed by atoms with Crippen LogP contribution in [0.4, 0.5) is 16.2 Å². The van der Waals surface area contributed by atoms with Crippen LogP contribution in [-0.4, -0.2) is 34.1 Å². The zero-order valence-corrected chi connectivity index (χ0v) is 10.1. The van der Waals surface area contributed by atoms with Gasteiger partial charge in [0.2, 0.25) is 0 Å². The molecule has 7 nitrogen and oxygen atoms in total. The van der Waals surface area contributed by atoms with E-state index in [1.807, 2.05) is 0 Å². The molecule has 0 aliphatic carbocycles. The second-order valence-corrected chi connectivity index (χ2v) is 4.24. The van der Waals surface area contributed by atoms with Gasteiger partial charge in [0.15, 0.2) is 0 Å². The molecule has 2 rings (SSSR count). The Morgan fingerprint density at radius 1 is 1.47 bits per heavy atom. The van der Waals surface area contributed by atoms with E-state index in [2.05, 4.69) is 0 Å². The molecule has 0 unspecified atom stereocenters. The molecule has 1 aliphatic rings. The zero-order valence-electron chi connectivity index (χ0n) is 10.1. The summed E-state index contributed by atoms with van der Waals surface area (Å²) in [6, 6.07) is 4.53. The van der Waals surface area contributed by atoms with E-state index in [0.717, 1.165) is 5.57 Å². The van der Waals surface area contributed by atoms with Crippen LogP contribution in [-0.2, 0) is 0 Å². The third-order valence-corrected chi connectivity index (χ3v) is 3.04. The molecule has 0 spiro atoms. The van der Waals surface area contributed by atoms with E-state index in [1.54, 1.807) is 18.2 Å². The SMILES string of the molecule is Nc1ccc(C2=CCN(C(=O)O)CC2)c([N+](=O)[O-])c1. The second kappa shape index (κ2) is 4.97. The molecular weight excluding hydrogens is 250 g/mol. The Bertz CT molecular complexity index is 568. The zero-order chi connectivity index (χ0) is 14.0. The summed E-state index contributed by atoms with van der Waals surface area (Å²) in [4.78, 5) is 22.6. The van der Waals surface area contributed by atoms with Gasteiger partial charge in [0.05, 0.1) is 10.5 Å². The average molecular weight is 263 g/mol. The molecular formula is C12H13N3O4. The van der Waals surface area contributed by atoms with E-state index in [9.17, 15) is 14.9 Å². The van der Waals surface area contributed by atoms with E-state index in [-0.39, 0.29) is 12.2 Å². The van der Waals surface area contributed by atoms with Crippen molar-refractivity contribution >= 4 is 23.0 Å². The summed E-state index contributed by atoms with van der Waals surface area (Å²) in [5, 5.41) is 19.9. The Labute approximate surface area is 109 Å². The molecule has 1 aromatic rings. The van der Waals surface area contributed by atoms with Crippen LogP contribution in [0.1, 0.15) is 12.0 Å². The lowest BCUT2D eigenvalue weighted by atomic mass is 9.97. The highest BCUT2D eigenvalue weighted by Gasteiger charge is 2.22. The lowest BCUT2D eigenvalue weighted by molar-refractivity contribution is -0.385. The number of amides is 1. The lowest BCUT2D eigenvalue weighted by Crippen LogP contribution is -2.33. The van der Waals surface area contributed by atoms with E-state index in [0.29, 0.717) is 24.2 Å². The number of nitro benzene ring substituents is 1. The van der Waals surface area contributed by atoms with Crippen molar-refractivity contribution in [2.75, 3.05) is 18.8 Å². The molecule has 0 aromatic heterocycles. The van der Waals surface area contributed by atoms with Crippen molar-refractivity contribution < 1.29 is 14.8 Å². The molecule has 1 aliphatic heterocycles. The number of nitro groups is 1. The molecule has 19 heavy (non-hydrogen) atoms. The maximum absolute atomic E-state index is 11.0. The maximum Gasteiger partial charge on any atom is 0.407 e. The van der Waals surface area contributed by atoms with Crippen molar-refractivity contribution in [3.63, 3.8) is 0 Å². The van der Waals surface area contributed by atoms with Crippen LogP contribution in [0.3, 0.4) is 0 Å². The highest BCUT2D eigenvalue weighted by Crippen LogP contribution is 2.31. The van der Waals surface area contributed by atoms with E-state index >= 15 is 0 Å². The summed E-state index contributed by atoms with van der Waals surface area (Å²) >= 11 is 0. The van der Waals surface area contributed by atoms with Gasteiger partial charge in [0.1, 0.15) is 0 Å². The van der Waals surface area contributed by atoms with Crippen molar-refractivity contribution in [3.8, 4) is 0 Å². The van der Waals surface area contributed by atoms with Gasteiger partial charge in [-0.15, -0.1) is 0 Å².